The fourth-order valence-electron chi connectivity index (χ4n) is 2.46. The summed E-state index contributed by atoms with van der Waals surface area (Å²) in [6, 6.07) is 8.51. The van der Waals surface area contributed by atoms with Crippen LogP contribution in [0.15, 0.2) is 40.9 Å². The number of ether oxygens (including phenoxy) is 1. The van der Waals surface area contributed by atoms with Gasteiger partial charge in [0.15, 0.2) is 0 Å². The molecule has 0 aliphatic heterocycles. The lowest BCUT2D eigenvalue weighted by molar-refractivity contribution is -0.140. The van der Waals surface area contributed by atoms with Gasteiger partial charge in [0, 0.05) is 35.9 Å². The Kier molecular flexibility index (Phi) is 7.95. The number of nitrogen functional groups attached to an aromatic ring is 2. The third kappa shape index (κ3) is 7.22. The number of unbranched alkanes of at least 4 members (excludes halogenated alkanes) is 1. The molecule has 1 aromatic carbocycles. The van der Waals surface area contributed by atoms with Gasteiger partial charge in [-0.15, -0.1) is 0 Å². The molecule has 0 radical (unpaired) electrons. The molecule has 0 aliphatic carbocycles. The smallest absolute Gasteiger partial charge is 0.305 e. The summed E-state index contributed by atoms with van der Waals surface area (Å²) in [5.74, 6) is 5.17. The zero-order chi connectivity index (χ0) is 22.1. The summed E-state index contributed by atoms with van der Waals surface area (Å²) < 4.78 is 21.0. The van der Waals surface area contributed by atoms with Gasteiger partial charge < -0.3 is 16.2 Å². The number of hydrogen-bond acceptors (Lipinski definition) is 7. The van der Waals surface area contributed by atoms with Gasteiger partial charge in [-0.3, -0.25) is 9.59 Å². The molecule has 0 bridgehead atoms. The summed E-state index contributed by atoms with van der Waals surface area (Å²) in [6.07, 6.45) is 3.91. The molecular formula is C21H24N4O4S. The summed E-state index contributed by atoms with van der Waals surface area (Å²) in [6.45, 7) is 0. The quantitative estimate of drug-likeness (QED) is 0.311. The lowest BCUT2D eigenvalue weighted by Crippen LogP contribution is -2.09. The Morgan fingerprint density at radius 1 is 1.20 bits per heavy atom. The van der Waals surface area contributed by atoms with E-state index in [-0.39, 0.29) is 29.5 Å². The Hall–Kier alpha value is -3.38. The second-order valence-corrected chi connectivity index (χ2v) is 9.14. The van der Waals surface area contributed by atoms with Gasteiger partial charge in [-0.2, -0.15) is 4.36 Å². The molecule has 1 aromatic heterocycles. The molecule has 8 nitrogen and oxygen atoms in total. The van der Waals surface area contributed by atoms with E-state index in [2.05, 4.69) is 25.9 Å². The number of hydrogen-bond donors (Lipinski definition) is 2. The number of carbonyl (C=O) groups excluding carboxylic acids is 2. The van der Waals surface area contributed by atoms with E-state index in [0.717, 1.165) is 0 Å². The number of anilines is 2. The van der Waals surface area contributed by atoms with E-state index >= 15 is 0 Å². The van der Waals surface area contributed by atoms with Crippen molar-refractivity contribution in [2.75, 3.05) is 30.6 Å². The van der Waals surface area contributed by atoms with Gasteiger partial charge in [0.05, 0.1) is 28.0 Å². The molecule has 1 unspecified atom stereocenters. The molecule has 0 spiro atoms. The number of nitrogens with zero attached hydrogens (tertiary/aromatic N) is 2. The number of esters is 1. The van der Waals surface area contributed by atoms with E-state index < -0.39 is 15.6 Å². The molecule has 0 saturated carbocycles. The standard InChI is InChI=1S/C21H24N4O4S/c1-29-19(26)8-3-4-11-30(2,28)25-21(27)17-13-16(20(23)24-14-17)10-9-15-6-5-7-18(22)12-15/h5-7,12-14H,3-4,8,11,22H2,1-2H3,(H2,23,24). The van der Waals surface area contributed by atoms with Crippen molar-refractivity contribution in [2.45, 2.75) is 19.3 Å². The Labute approximate surface area is 176 Å². The highest BCUT2D eigenvalue weighted by atomic mass is 32.2. The largest absolute Gasteiger partial charge is 0.469 e. The highest BCUT2D eigenvalue weighted by Crippen LogP contribution is 2.13. The van der Waals surface area contributed by atoms with Crippen molar-refractivity contribution in [2.24, 2.45) is 4.36 Å². The Balaban J connectivity index is 2.14. The molecule has 0 aliphatic rings. The number of pyridine rings is 1. The molecular weight excluding hydrogens is 404 g/mol. The van der Waals surface area contributed by atoms with E-state index in [1.807, 2.05) is 0 Å². The van der Waals surface area contributed by atoms with Crippen molar-refractivity contribution >= 4 is 33.1 Å². The first kappa shape index (κ1) is 22.9. The maximum atomic E-state index is 12.6. The van der Waals surface area contributed by atoms with Gasteiger partial charge in [0.25, 0.3) is 5.91 Å². The lowest BCUT2D eigenvalue weighted by atomic mass is 10.1. The average molecular weight is 429 g/mol. The fourth-order valence-corrected chi connectivity index (χ4v) is 3.75. The number of nitrogens with two attached hydrogens (primary N) is 2. The minimum atomic E-state index is -2.75. The highest BCUT2D eigenvalue weighted by Gasteiger charge is 2.12. The first-order valence-corrected chi connectivity index (χ1v) is 11.2. The molecule has 1 atom stereocenters. The van der Waals surface area contributed by atoms with Crippen LogP contribution in [0, 0.1) is 11.8 Å². The van der Waals surface area contributed by atoms with Gasteiger partial charge in [-0.1, -0.05) is 17.9 Å². The SMILES string of the molecule is COC(=O)CCCCS(C)(=O)=NC(=O)c1cnc(N)c(C#Cc2cccc(N)c2)c1. The van der Waals surface area contributed by atoms with Gasteiger partial charge in [-0.25, -0.2) is 9.19 Å². The summed E-state index contributed by atoms with van der Waals surface area (Å²) in [5.41, 5.74) is 13.4. The highest BCUT2D eigenvalue weighted by molar-refractivity contribution is 7.93. The molecule has 1 heterocycles. The molecule has 9 heteroatoms. The summed E-state index contributed by atoms with van der Waals surface area (Å²) in [7, 11) is -1.44. The van der Waals surface area contributed by atoms with Crippen LogP contribution in [-0.4, -0.2) is 40.2 Å². The van der Waals surface area contributed by atoms with Crippen molar-refractivity contribution in [3.05, 3.63) is 53.2 Å². The van der Waals surface area contributed by atoms with Crippen LogP contribution in [0.1, 0.15) is 40.7 Å². The van der Waals surface area contributed by atoms with Crippen LogP contribution in [-0.2, 0) is 19.3 Å². The van der Waals surface area contributed by atoms with E-state index in [4.69, 9.17) is 11.5 Å². The molecule has 4 N–H and O–H groups in total. The third-order valence-electron chi connectivity index (χ3n) is 4.05. The number of rotatable bonds is 6. The maximum Gasteiger partial charge on any atom is 0.305 e. The fraction of sp³-hybridized carbons (Fsp3) is 0.286. The maximum absolute atomic E-state index is 12.6. The number of amides is 1. The van der Waals surface area contributed by atoms with Crippen molar-refractivity contribution in [1.29, 1.82) is 0 Å². The minimum Gasteiger partial charge on any atom is -0.469 e. The molecule has 30 heavy (non-hydrogen) atoms. The minimum absolute atomic E-state index is 0.144. The van der Waals surface area contributed by atoms with E-state index in [1.54, 1.807) is 24.3 Å². The van der Waals surface area contributed by atoms with Gasteiger partial charge in [0.2, 0.25) is 0 Å². The Morgan fingerprint density at radius 2 is 1.97 bits per heavy atom. The molecule has 0 fully saturated rings. The van der Waals surface area contributed by atoms with Crippen LogP contribution in [0.25, 0.3) is 0 Å². The molecule has 1 amide bonds. The average Bonchev–Trinajstić information content (AvgIpc) is 2.70. The second kappa shape index (κ2) is 10.4. The number of methoxy groups -OCH3 is 1. The van der Waals surface area contributed by atoms with E-state index in [9.17, 15) is 13.8 Å². The normalized spacial score (nSPS) is 12.2. The van der Waals surface area contributed by atoms with Crippen LogP contribution in [0.2, 0.25) is 0 Å². The summed E-state index contributed by atoms with van der Waals surface area (Å²) in [4.78, 5) is 27.6. The molecule has 2 rings (SSSR count). The van der Waals surface area contributed by atoms with Crippen LogP contribution in [0.4, 0.5) is 11.5 Å². The number of aromatic nitrogens is 1. The zero-order valence-corrected chi connectivity index (χ0v) is 17.7. The summed E-state index contributed by atoms with van der Waals surface area (Å²) >= 11 is 0. The molecule has 2 aromatic rings. The van der Waals surface area contributed by atoms with Crippen LogP contribution < -0.4 is 11.5 Å². The van der Waals surface area contributed by atoms with Crippen molar-refractivity contribution < 1.29 is 18.5 Å². The predicted octanol–water partition coefficient (Wildman–Crippen LogP) is 2.23. The zero-order valence-electron chi connectivity index (χ0n) is 16.9. The Bertz CT molecular complexity index is 1130. The van der Waals surface area contributed by atoms with Crippen molar-refractivity contribution in [1.82, 2.24) is 4.98 Å². The van der Waals surface area contributed by atoms with Gasteiger partial charge in [-0.05, 0) is 37.1 Å². The van der Waals surface area contributed by atoms with E-state index in [0.29, 0.717) is 29.7 Å². The monoisotopic (exact) mass is 428 g/mol. The van der Waals surface area contributed by atoms with E-state index in [1.165, 1.54) is 25.6 Å². The van der Waals surface area contributed by atoms with Crippen LogP contribution >= 0.6 is 0 Å². The van der Waals surface area contributed by atoms with Crippen LogP contribution in [0.5, 0.6) is 0 Å². The van der Waals surface area contributed by atoms with Gasteiger partial charge >= 0.3 is 5.97 Å². The molecule has 158 valence electrons. The topological polar surface area (TPSA) is 138 Å². The number of carbonyl (C=O) groups is 2. The van der Waals surface area contributed by atoms with Gasteiger partial charge in [0.1, 0.15) is 5.82 Å². The van der Waals surface area contributed by atoms with Crippen LogP contribution in [0.3, 0.4) is 0 Å². The Morgan fingerprint density at radius 3 is 2.67 bits per heavy atom. The third-order valence-corrected chi connectivity index (χ3v) is 5.65. The predicted molar refractivity (Wildman–Crippen MR) is 117 cm³/mol. The first-order chi connectivity index (χ1) is 14.2. The lowest BCUT2D eigenvalue weighted by Gasteiger charge is -2.05. The van der Waals surface area contributed by atoms with Crippen molar-refractivity contribution in [3.63, 3.8) is 0 Å². The second-order valence-electron chi connectivity index (χ2n) is 6.63. The number of benzene rings is 1. The first-order valence-electron chi connectivity index (χ1n) is 9.14. The molecule has 0 saturated heterocycles. The van der Waals surface area contributed by atoms with Crippen molar-refractivity contribution in [3.8, 4) is 11.8 Å². The summed E-state index contributed by atoms with van der Waals surface area (Å²) in [5, 5.41) is 0.